The molecule has 1 unspecified atom stereocenters. The number of nitrogens with one attached hydrogen (secondary N) is 1. The van der Waals surface area contributed by atoms with Gasteiger partial charge in [-0.05, 0) is 45.4 Å². The largest absolute Gasteiger partial charge is 0.462 e. The van der Waals surface area contributed by atoms with E-state index in [2.05, 4.69) is 14.9 Å². The second kappa shape index (κ2) is 9.13. The summed E-state index contributed by atoms with van der Waals surface area (Å²) in [6.07, 6.45) is 0. The van der Waals surface area contributed by atoms with Crippen LogP contribution in [-0.2, 0) is 4.74 Å². The first kappa shape index (κ1) is 22.6. The van der Waals surface area contributed by atoms with Gasteiger partial charge >= 0.3 is 5.97 Å². The van der Waals surface area contributed by atoms with Crippen molar-refractivity contribution >= 4 is 44.8 Å². The van der Waals surface area contributed by atoms with E-state index < -0.39 is 5.97 Å². The molecule has 1 amide bonds. The third-order valence-electron chi connectivity index (χ3n) is 5.78. The third-order valence-corrected chi connectivity index (χ3v) is 7.93. The molecule has 1 N–H and O–H groups in total. The summed E-state index contributed by atoms with van der Waals surface area (Å²) >= 11 is 2.71. The lowest BCUT2D eigenvalue weighted by Gasteiger charge is -2.37. The normalized spacial score (nSPS) is 15.8. The molecule has 0 aromatic carbocycles. The van der Waals surface area contributed by atoms with Gasteiger partial charge in [0, 0.05) is 31.1 Å². The predicted octanol–water partition coefficient (Wildman–Crippen LogP) is 3.36. The van der Waals surface area contributed by atoms with Crippen molar-refractivity contribution in [2.45, 2.75) is 33.7 Å². The number of aromatic nitrogens is 2. The molecule has 32 heavy (non-hydrogen) atoms. The Labute approximate surface area is 193 Å². The van der Waals surface area contributed by atoms with Gasteiger partial charge in [0.1, 0.15) is 15.5 Å². The minimum atomic E-state index is -0.427. The van der Waals surface area contributed by atoms with Gasteiger partial charge in [-0.15, -0.1) is 22.7 Å². The average molecular weight is 475 g/mol. The Kier molecular flexibility index (Phi) is 6.45. The van der Waals surface area contributed by atoms with Crippen molar-refractivity contribution in [2.24, 2.45) is 0 Å². The Hall–Kier alpha value is -2.56. The van der Waals surface area contributed by atoms with Gasteiger partial charge in [0.15, 0.2) is 0 Å². The van der Waals surface area contributed by atoms with Crippen LogP contribution in [0.25, 0.3) is 10.2 Å². The number of thiophene rings is 2. The van der Waals surface area contributed by atoms with Crippen molar-refractivity contribution < 1.29 is 14.3 Å². The van der Waals surface area contributed by atoms with E-state index in [0.29, 0.717) is 52.7 Å². The van der Waals surface area contributed by atoms with E-state index in [-0.39, 0.29) is 24.1 Å². The first-order chi connectivity index (χ1) is 15.3. The highest BCUT2D eigenvalue weighted by atomic mass is 32.1. The average Bonchev–Trinajstić information content (AvgIpc) is 3.36. The molecule has 0 saturated carbocycles. The Morgan fingerprint density at radius 3 is 2.53 bits per heavy atom. The summed E-state index contributed by atoms with van der Waals surface area (Å²) in [4.78, 5) is 52.2. The Balaban J connectivity index is 1.50. The smallest absolute Gasteiger partial charge is 0.348 e. The summed E-state index contributed by atoms with van der Waals surface area (Å²) < 4.78 is 5.11. The van der Waals surface area contributed by atoms with Crippen LogP contribution in [0.3, 0.4) is 0 Å². The third kappa shape index (κ3) is 4.22. The van der Waals surface area contributed by atoms with Crippen LogP contribution in [0.4, 0.5) is 0 Å². The number of rotatable bonds is 5. The number of esters is 1. The van der Waals surface area contributed by atoms with Crippen molar-refractivity contribution in [1.82, 2.24) is 19.8 Å². The number of fused-ring (bicyclic) bond motifs is 1. The summed E-state index contributed by atoms with van der Waals surface area (Å²) in [5.74, 6) is 0.209. The molecule has 3 aromatic rings. The maximum absolute atomic E-state index is 12.8. The number of aromatic amines is 1. The van der Waals surface area contributed by atoms with E-state index in [1.54, 1.807) is 13.8 Å². The molecule has 4 rings (SSSR count). The summed E-state index contributed by atoms with van der Waals surface area (Å²) in [5, 5.41) is 0.440. The molecule has 0 radical (unpaired) electrons. The standard InChI is InChI=1S/C22H26N4O4S2/c1-5-30-22(29)17-13(3)16-19(27)23-18(24-20(16)32-17)14(4)25-8-10-26(11-9-25)21(28)15-7-6-12(2)31-15/h6-7,14H,5,8-11H2,1-4H3,(H,23,24,27). The molecule has 3 aromatic heterocycles. The Morgan fingerprint density at radius 1 is 1.19 bits per heavy atom. The van der Waals surface area contributed by atoms with Crippen molar-refractivity contribution in [3.8, 4) is 0 Å². The lowest BCUT2D eigenvalue weighted by atomic mass is 10.2. The number of nitrogens with zero attached hydrogens (tertiary/aromatic N) is 3. The zero-order valence-electron chi connectivity index (χ0n) is 18.6. The number of hydrogen-bond donors (Lipinski definition) is 1. The van der Waals surface area contributed by atoms with Gasteiger partial charge in [0.25, 0.3) is 11.5 Å². The molecule has 0 bridgehead atoms. The van der Waals surface area contributed by atoms with Gasteiger partial charge in [-0.2, -0.15) is 0 Å². The minimum Gasteiger partial charge on any atom is -0.462 e. The fraction of sp³-hybridized carbons (Fsp3) is 0.455. The SMILES string of the molecule is CCOC(=O)c1sc2nc(C(C)N3CCN(C(=O)c4ccc(C)s4)CC3)[nH]c(=O)c2c1C. The first-order valence-corrected chi connectivity index (χ1v) is 12.2. The van der Waals surface area contributed by atoms with Crippen LogP contribution in [0.2, 0.25) is 0 Å². The number of H-pyrrole nitrogens is 1. The van der Waals surface area contributed by atoms with E-state index in [4.69, 9.17) is 4.74 Å². The van der Waals surface area contributed by atoms with Gasteiger partial charge in [-0.25, -0.2) is 9.78 Å². The van der Waals surface area contributed by atoms with E-state index in [1.165, 1.54) is 22.7 Å². The van der Waals surface area contributed by atoms with Gasteiger partial charge in [0.05, 0.1) is 22.9 Å². The molecule has 1 aliphatic rings. The van der Waals surface area contributed by atoms with E-state index in [0.717, 1.165) is 9.75 Å². The summed E-state index contributed by atoms with van der Waals surface area (Å²) in [7, 11) is 0. The fourth-order valence-electron chi connectivity index (χ4n) is 3.94. The van der Waals surface area contributed by atoms with Crippen LogP contribution in [-0.4, -0.2) is 64.4 Å². The predicted molar refractivity (Wildman–Crippen MR) is 126 cm³/mol. The number of piperazine rings is 1. The lowest BCUT2D eigenvalue weighted by molar-refractivity contribution is 0.0530. The van der Waals surface area contributed by atoms with Gasteiger partial charge in [0.2, 0.25) is 0 Å². The van der Waals surface area contributed by atoms with Gasteiger partial charge in [-0.1, -0.05) is 0 Å². The number of carbonyl (C=O) groups is 2. The van der Waals surface area contributed by atoms with E-state index >= 15 is 0 Å². The minimum absolute atomic E-state index is 0.0731. The molecular formula is C22H26N4O4S2. The van der Waals surface area contributed by atoms with Crippen molar-refractivity contribution in [2.75, 3.05) is 32.8 Å². The summed E-state index contributed by atoms with van der Waals surface area (Å²) in [6, 6.07) is 3.73. The van der Waals surface area contributed by atoms with Crippen molar-refractivity contribution in [3.63, 3.8) is 0 Å². The number of carbonyl (C=O) groups excluding carboxylic acids is 2. The highest BCUT2D eigenvalue weighted by Crippen LogP contribution is 2.29. The summed E-state index contributed by atoms with van der Waals surface area (Å²) in [5.41, 5.74) is 0.357. The highest BCUT2D eigenvalue weighted by molar-refractivity contribution is 7.20. The maximum Gasteiger partial charge on any atom is 0.348 e. The molecule has 10 heteroatoms. The van der Waals surface area contributed by atoms with Gasteiger partial charge in [-0.3, -0.25) is 14.5 Å². The molecule has 1 atom stereocenters. The molecule has 1 aliphatic heterocycles. The van der Waals surface area contributed by atoms with Crippen molar-refractivity contribution in [1.29, 1.82) is 0 Å². The second-order valence-corrected chi connectivity index (χ2v) is 10.1. The molecule has 170 valence electrons. The molecule has 8 nitrogen and oxygen atoms in total. The monoisotopic (exact) mass is 474 g/mol. The van der Waals surface area contributed by atoms with Crippen LogP contribution >= 0.6 is 22.7 Å². The molecule has 0 spiro atoms. The quantitative estimate of drug-likeness (QED) is 0.570. The van der Waals surface area contributed by atoms with Crippen LogP contribution < -0.4 is 5.56 Å². The van der Waals surface area contributed by atoms with Gasteiger partial charge < -0.3 is 14.6 Å². The van der Waals surface area contributed by atoms with Crippen LogP contribution in [0, 0.1) is 13.8 Å². The molecule has 4 heterocycles. The number of ether oxygens (including phenoxy) is 1. The Morgan fingerprint density at radius 2 is 1.91 bits per heavy atom. The number of amides is 1. The summed E-state index contributed by atoms with van der Waals surface area (Å²) in [6.45, 7) is 10.4. The van der Waals surface area contributed by atoms with E-state index in [9.17, 15) is 14.4 Å². The topological polar surface area (TPSA) is 95.6 Å². The zero-order chi connectivity index (χ0) is 23.0. The first-order valence-electron chi connectivity index (χ1n) is 10.6. The number of aryl methyl sites for hydroxylation is 2. The lowest BCUT2D eigenvalue weighted by Crippen LogP contribution is -2.49. The zero-order valence-corrected chi connectivity index (χ0v) is 20.2. The maximum atomic E-state index is 12.8. The number of hydrogen-bond acceptors (Lipinski definition) is 8. The molecule has 1 saturated heterocycles. The molecular weight excluding hydrogens is 448 g/mol. The van der Waals surface area contributed by atoms with Crippen LogP contribution in [0.5, 0.6) is 0 Å². The Bertz CT molecular complexity index is 1220. The van der Waals surface area contributed by atoms with Crippen molar-refractivity contribution in [3.05, 3.63) is 48.5 Å². The van der Waals surface area contributed by atoms with Crippen LogP contribution in [0.1, 0.15) is 55.5 Å². The van der Waals surface area contributed by atoms with E-state index in [1.807, 2.05) is 30.9 Å². The molecule has 0 aliphatic carbocycles. The molecule has 1 fully saturated rings. The van der Waals surface area contributed by atoms with Crippen LogP contribution in [0.15, 0.2) is 16.9 Å². The second-order valence-electron chi connectivity index (χ2n) is 7.82. The highest BCUT2D eigenvalue weighted by Gasteiger charge is 2.28. The fourth-order valence-corrected chi connectivity index (χ4v) is 5.86.